The Labute approximate surface area is 135 Å². The van der Waals surface area contributed by atoms with Crippen molar-refractivity contribution in [2.75, 3.05) is 19.6 Å². The van der Waals surface area contributed by atoms with Gasteiger partial charge < -0.3 is 14.9 Å². The molecule has 1 amide bonds. The lowest BCUT2D eigenvalue weighted by Gasteiger charge is -2.46. The Balaban J connectivity index is 2.07. The number of carboxylic acid groups (broad SMARTS) is 1. The Bertz CT molecular complexity index is 357. The first kappa shape index (κ1) is 17.6. The van der Waals surface area contributed by atoms with Gasteiger partial charge in [-0.05, 0) is 65.5 Å². The zero-order valence-electron chi connectivity index (χ0n) is 14.7. The Hall–Kier alpha value is -0.770. The first-order chi connectivity index (χ1) is 10.4. The molecule has 1 aliphatic carbocycles. The molecule has 1 saturated heterocycles. The van der Waals surface area contributed by atoms with Crippen LogP contribution in [0.15, 0.2) is 0 Å². The van der Waals surface area contributed by atoms with E-state index in [0.29, 0.717) is 5.92 Å². The molecular formula is C18H34N2O2. The summed E-state index contributed by atoms with van der Waals surface area (Å²) in [6.45, 7) is 9.57. The predicted molar refractivity (Wildman–Crippen MR) is 90.3 cm³/mol. The van der Waals surface area contributed by atoms with E-state index in [1.54, 1.807) is 4.90 Å². The van der Waals surface area contributed by atoms with Crippen molar-refractivity contribution in [3.05, 3.63) is 0 Å². The third kappa shape index (κ3) is 4.61. The van der Waals surface area contributed by atoms with E-state index in [1.807, 2.05) is 20.8 Å². The second-order valence-electron chi connectivity index (χ2n) is 8.15. The van der Waals surface area contributed by atoms with Crippen molar-refractivity contribution in [3.63, 3.8) is 0 Å². The number of rotatable bonds is 3. The van der Waals surface area contributed by atoms with Gasteiger partial charge in [-0.15, -0.1) is 0 Å². The van der Waals surface area contributed by atoms with Crippen LogP contribution in [0.4, 0.5) is 4.79 Å². The molecule has 1 saturated carbocycles. The third-order valence-electron chi connectivity index (χ3n) is 5.32. The van der Waals surface area contributed by atoms with E-state index < -0.39 is 6.09 Å². The molecule has 0 aromatic rings. The van der Waals surface area contributed by atoms with Gasteiger partial charge in [0.15, 0.2) is 0 Å². The lowest BCUT2D eigenvalue weighted by atomic mass is 9.81. The van der Waals surface area contributed by atoms with E-state index in [4.69, 9.17) is 0 Å². The summed E-state index contributed by atoms with van der Waals surface area (Å²) < 4.78 is 0. The van der Waals surface area contributed by atoms with Crippen LogP contribution in [0.25, 0.3) is 0 Å². The van der Waals surface area contributed by atoms with Crippen LogP contribution in [0, 0.1) is 5.92 Å². The highest BCUT2D eigenvalue weighted by molar-refractivity contribution is 5.66. The molecule has 2 atom stereocenters. The molecule has 128 valence electrons. The Kier molecular flexibility index (Phi) is 6.13. The minimum absolute atomic E-state index is 0.189. The van der Waals surface area contributed by atoms with Gasteiger partial charge in [0.05, 0.1) is 0 Å². The summed E-state index contributed by atoms with van der Waals surface area (Å²) in [7, 11) is 0. The molecule has 2 aliphatic rings. The molecule has 22 heavy (non-hydrogen) atoms. The van der Waals surface area contributed by atoms with Gasteiger partial charge >= 0.3 is 6.09 Å². The zero-order valence-corrected chi connectivity index (χ0v) is 14.7. The van der Waals surface area contributed by atoms with E-state index in [0.717, 1.165) is 13.0 Å². The molecule has 0 radical (unpaired) electrons. The summed E-state index contributed by atoms with van der Waals surface area (Å²) in [5, 5.41) is 9.74. The molecule has 2 rings (SSSR count). The fourth-order valence-electron chi connectivity index (χ4n) is 4.32. The van der Waals surface area contributed by atoms with E-state index in [9.17, 15) is 9.90 Å². The first-order valence-corrected chi connectivity index (χ1v) is 9.14. The Morgan fingerprint density at radius 2 is 1.64 bits per heavy atom. The normalized spacial score (nSPS) is 28.1. The van der Waals surface area contributed by atoms with Gasteiger partial charge in [0.25, 0.3) is 0 Å². The van der Waals surface area contributed by atoms with Crippen LogP contribution in [-0.4, -0.2) is 52.2 Å². The molecular weight excluding hydrogens is 276 g/mol. The van der Waals surface area contributed by atoms with Crippen LogP contribution in [-0.2, 0) is 0 Å². The standard InChI is InChI=1S/C18H34N2O2/c1-18(2,3)20(17(21)22)16-11-7-6-10-15(16)14-19-12-8-4-5-9-13-19/h15-16H,4-14H2,1-3H3,(H,21,22)/t15-,16+/m0/s1. The number of hydrogen-bond donors (Lipinski definition) is 1. The lowest BCUT2D eigenvalue weighted by molar-refractivity contribution is 0.0226. The monoisotopic (exact) mass is 310 g/mol. The molecule has 0 aromatic heterocycles. The lowest BCUT2D eigenvalue weighted by Crippen LogP contribution is -2.56. The first-order valence-electron chi connectivity index (χ1n) is 9.14. The summed E-state index contributed by atoms with van der Waals surface area (Å²) in [6, 6.07) is 0.189. The summed E-state index contributed by atoms with van der Waals surface area (Å²) in [4.78, 5) is 16.2. The van der Waals surface area contributed by atoms with E-state index in [-0.39, 0.29) is 11.6 Å². The number of amides is 1. The van der Waals surface area contributed by atoms with E-state index in [2.05, 4.69) is 4.90 Å². The van der Waals surface area contributed by atoms with Crippen LogP contribution in [0.5, 0.6) is 0 Å². The van der Waals surface area contributed by atoms with Crippen LogP contribution in [0.2, 0.25) is 0 Å². The molecule has 0 unspecified atom stereocenters. The highest BCUT2D eigenvalue weighted by Gasteiger charge is 2.39. The fourth-order valence-corrected chi connectivity index (χ4v) is 4.32. The second-order valence-corrected chi connectivity index (χ2v) is 8.15. The van der Waals surface area contributed by atoms with Crippen molar-refractivity contribution in [1.29, 1.82) is 0 Å². The maximum atomic E-state index is 11.9. The number of carbonyl (C=O) groups is 1. The summed E-state index contributed by atoms with van der Waals surface area (Å²) in [6.07, 6.45) is 9.21. The topological polar surface area (TPSA) is 43.8 Å². The quantitative estimate of drug-likeness (QED) is 0.849. The van der Waals surface area contributed by atoms with Gasteiger partial charge in [0.1, 0.15) is 0 Å². The van der Waals surface area contributed by atoms with Gasteiger partial charge in [-0.1, -0.05) is 25.7 Å². The molecule has 0 bridgehead atoms. The third-order valence-corrected chi connectivity index (χ3v) is 5.32. The minimum atomic E-state index is -0.750. The van der Waals surface area contributed by atoms with Crippen LogP contribution in [0.1, 0.15) is 72.1 Å². The molecule has 2 fully saturated rings. The van der Waals surface area contributed by atoms with Gasteiger partial charge in [-0.25, -0.2) is 4.79 Å². The van der Waals surface area contributed by atoms with Crippen molar-refractivity contribution >= 4 is 6.09 Å². The molecule has 0 spiro atoms. The van der Waals surface area contributed by atoms with Crippen molar-refractivity contribution in [2.45, 2.75) is 83.7 Å². The van der Waals surface area contributed by atoms with Gasteiger partial charge in [0.2, 0.25) is 0 Å². The summed E-state index contributed by atoms with van der Waals surface area (Å²) in [5.41, 5.74) is -0.315. The molecule has 1 aliphatic heterocycles. The average Bonchev–Trinajstić information content (AvgIpc) is 2.67. The maximum absolute atomic E-state index is 11.9. The van der Waals surface area contributed by atoms with Crippen LogP contribution in [0.3, 0.4) is 0 Å². The average molecular weight is 310 g/mol. The maximum Gasteiger partial charge on any atom is 0.407 e. The molecule has 4 nitrogen and oxygen atoms in total. The van der Waals surface area contributed by atoms with Crippen LogP contribution < -0.4 is 0 Å². The summed E-state index contributed by atoms with van der Waals surface area (Å²) in [5.74, 6) is 0.502. The van der Waals surface area contributed by atoms with Crippen molar-refractivity contribution < 1.29 is 9.90 Å². The Morgan fingerprint density at radius 1 is 1.05 bits per heavy atom. The van der Waals surface area contributed by atoms with Gasteiger partial charge in [-0.3, -0.25) is 0 Å². The van der Waals surface area contributed by atoms with Gasteiger partial charge in [-0.2, -0.15) is 0 Å². The second kappa shape index (κ2) is 7.67. The fraction of sp³-hybridized carbons (Fsp3) is 0.944. The summed E-state index contributed by atoms with van der Waals surface area (Å²) >= 11 is 0. The highest BCUT2D eigenvalue weighted by atomic mass is 16.4. The Morgan fingerprint density at radius 3 is 2.18 bits per heavy atom. The van der Waals surface area contributed by atoms with Crippen molar-refractivity contribution in [1.82, 2.24) is 9.80 Å². The van der Waals surface area contributed by atoms with E-state index >= 15 is 0 Å². The van der Waals surface area contributed by atoms with Gasteiger partial charge in [0, 0.05) is 18.1 Å². The minimum Gasteiger partial charge on any atom is -0.465 e. The molecule has 1 N–H and O–H groups in total. The SMILES string of the molecule is CC(C)(C)N(C(=O)O)[C@@H]1CCCC[C@H]1CN1CCCCCC1. The number of nitrogens with zero attached hydrogens (tertiary/aromatic N) is 2. The highest BCUT2D eigenvalue weighted by Crippen LogP contribution is 2.33. The molecule has 1 heterocycles. The van der Waals surface area contributed by atoms with Crippen molar-refractivity contribution in [3.8, 4) is 0 Å². The van der Waals surface area contributed by atoms with Crippen LogP contribution >= 0.6 is 0 Å². The zero-order chi connectivity index (χ0) is 16.2. The van der Waals surface area contributed by atoms with E-state index in [1.165, 1.54) is 58.0 Å². The number of likely N-dealkylation sites (tertiary alicyclic amines) is 1. The number of hydrogen-bond acceptors (Lipinski definition) is 2. The smallest absolute Gasteiger partial charge is 0.407 e. The predicted octanol–water partition coefficient (Wildman–Crippen LogP) is 4.20. The molecule has 4 heteroatoms. The molecule has 0 aromatic carbocycles. The van der Waals surface area contributed by atoms with Crippen molar-refractivity contribution in [2.24, 2.45) is 5.92 Å². The largest absolute Gasteiger partial charge is 0.465 e.